The number of rotatable bonds is 5. The standard InChI is InChI=1S/C23H30N4O/c1-16-3-5-19(6-4-16)12-27-10-9-23(14-27)15-28-13-20-17(2)25-22(26-21(20)23)24-11-18-7-8-18/h3-6,18H,7-15H2,1-2H3,(H,24,25,26)/t23-/m0/s1. The van der Waals surface area contributed by atoms with Crippen molar-refractivity contribution in [2.75, 3.05) is 31.6 Å². The van der Waals surface area contributed by atoms with E-state index in [4.69, 9.17) is 14.7 Å². The molecule has 1 spiro atoms. The van der Waals surface area contributed by atoms with Gasteiger partial charge in [-0.3, -0.25) is 4.90 Å². The van der Waals surface area contributed by atoms with Crippen LogP contribution in [-0.2, 0) is 23.3 Å². The number of benzene rings is 1. The SMILES string of the molecule is Cc1ccc(CN2CC[C@@]3(COCc4c(C)nc(NCC5CC5)nc43)C2)cc1. The van der Waals surface area contributed by atoms with E-state index in [0.29, 0.717) is 6.61 Å². The van der Waals surface area contributed by atoms with Crippen molar-refractivity contribution in [2.24, 2.45) is 5.92 Å². The highest BCUT2D eigenvalue weighted by Crippen LogP contribution is 2.40. The lowest BCUT2D eigenvalue weighted by atomic mass is 9.80. The van der Waals surface area contributed by atoms with Crippen LogP contribution in [0.2, 0.25) is 0 Å². The molecule has 148 valence electrons. The average Bonchev–Trinajstić information content (AvgIpc) is 3.44. The van der Waals surface area contributed by atoms with E-state index in [-0.39, 0.29) is 5.41 Å². The number of aryl methyl sites for hydroxylation is 2. The van der Waals surface area contributed by atoms with Crippen molar-refractivity contribution in [3.05, 3.63) is 52.3 Å². The van der Waals surface area contributed by atoms with Crippen LogP contribution in [0.25, 0.3) is 0 Å². The first-order chi connectivity index (χ1) is 13.6. The summed E-state index contributed by atoms with van der Waals surface area (Å²) in [7, 11) is 0. The van der Waals surface area contributed by atoms with Crippen molar-refractivity contribution < 1.29 is 4.74 Å². The molecule has 5 rings (SSSR count). The summed E-state index contributed by atoms with van der Waals surface area (Å²) < 4.78 is 6.05. The molecule has 5 heteroatoms. The highest BCUT2D eigenvalue weighted by Gasteiger charge is 2.45. The molecule has 1 atom stereocenters. The molecule has 1 saturated heterocycles. The summed E-state index contributed by atoms with van der Waals surface area (Å²) in [5, 5.41) is 3.48. The van der Waals surface area contributed by atoms with Gasteiger partial charge in [0.15, 0.2) is 0 Å². The number of hydrogen-bond donors (Lipinski definition) is 1. The molecule has 2 aromatic rings. The van der Waals surface area contributed by atoms with Crippen molar-refractivity contribution in [3.8, 4) is 0 Å². The van der Waals surface area contributed by atoms with Gasteiger partial charge in [0, 0.05) is 30.9 Å². The molecular weight excluding hydrogens is 348 g/mol. The lowest BCUT2D eigenvalue weighted by molar-refractivity contribution is 0.0498. The fourth-order valence-electron chi connectivity index (χ4n) is 4.62. The third-order valence-corrected chi connectivity index (χ3v) is 6.55. The number of ether oxygens (including phenoxy) is 1. The second kappa shape index (κ2) is 7.12. The van der Waals surface area contributed by atoms with E-state index < -0.39 is 0 Å². The highest BCUT2D eigenvalue weighted by atomic mass is 16.5. The molecule has 0 radical (unpaired) electrons. The van der Waals surface area contributed by atoms with Crippen LogP contribution < -0.4 is 5.32 Å². The summed E-state index contributed by atoms with van der Waals surface area (Å²) in [6.45, 7) is 9.74. The molecule has 1 aromatic carbocycles. The topological polar surface area (TPSA) is 50.3 Å². The first-order valence-electron chi connectivity index (χ1n) is 10.6. The Kier molecular flexibility index (Phi) is 4.60. The summed E-state index contributed by atoms with van der Waals surface area (Å²) in [5.41, 5.74) is 6.21. The Bertz CT molecular complexity index is 862. The van der Waals surface area contributed by atoms with E-state index in [9.17, 15) is 0 Å². The number of anilines is 1. The van der Waals surface area contributed by atoms with Gasteiger partial charge in [0.1, 0.15) is 0 Å². The van der Waals surface area contributed by atoms with Gasteiger partial charge in [-0.15, -0.1) is 0 Å². The Morgan fingerprint density at radius 3 is 2.79 bits per heavy atom. The third kappa shape index (κ3) is 3.53. The van der Waals surface area contributed by atoms with Gasteiger partial charge < -0.3 is 10.1 Å². The zero-order chi connectivity index (χ0) is 19.1. The zero-order valence-electron chi connectivity index (χ0n) is 17.0. The summed E-state index contributed by atoms with van der Waals surface area (Å²) in [6.07, 6.45) is 3.77. The predicted molar refractivity (Wildman–Crippen MR) is 110 cm³/mol. The summed E-state index contributed by atoms with van der Waals surface area (Å²) in [5.74, 6) is 1.62. The number of hydrogen-bond acceptors (Lipinski definition) is 5. The first kappa shape index (κ1) is 18.1. The predicted octanol–water partition coefficient (Wildman–Crippen LogP) is 3.59. The van der Waals surface area contributed by atoms with Gasteiger partial charge in [0.2, 0.25) is 5.95 Å². The second-order valence-electron chi connectivity index (χ2n) is 9.00. The molecule has 1 N–H and O–H groups in total. The highest BCUT2D eigenvalue weighted by molar-refractivity contribution is 5.40. The Hall–Kier alpha value is -1.98. The van der Waals surface area contributed by atoms with Gasteiger partial charge in [0.05, 0.1) is 24.3 Å². The van der Waals surface area contributed by atoms with Crippen LogP contribution in [-0.4, -0.2) is 41.1 Å². The van der Waals surface area contributed by atoms with Crippen LogP contribution in [0.5, 0.6) is 0 Å². The minimum Gasteiger partial charge on any atom is -0.376 e. The maximum absolute atomic E-state index is 6.05. The van der Waals surface area contributed by atoms with Crippen LogP contribution in [0.4, 0.5) is 5.95 Å². The molecule has 28 heavy (non-hydrogen) atoms. The number of nitrogens with zero attached hydrogens (tertiary/aromatic N) is 3. The van der Waals surface area contributed by atoms with Gasteiger partial charge in [-0.05, 0) is 51.1 Å². The van der Waals surface area contributed by atoms with E-state index in [1.54, 1.807) is 0 Å². The van der Waals surface area contributed by atoms with E-state index in [2.05, 4.69) is 48.3 Å². The maximum Gasteiger partial charge on any atom is 0.223 e. The van der Waals surface area contributed by atoms with Gasteiger partial charge in [0.25, 0.3) is 0 Å². The minimum absolute atomic E-state index is 0.00198. The monoisotopic (exact) mass is 378 g/mol. The second-order valence-corrected chi connectivity index (χ2v) is 9.00. The molecule has 2 aliphatic heterocycles. The van der Waals surface area contributed by atoms with Crippen molar-refractivity contribution in [2.45, 2.75) is 51.7 Å². The quantitative estimate of drug-likeness (QED) is 0.862. The molecule has 1 aliphatic carbocycles. The molecular formula is C23H30N4O. The summed E-state index contributed by atoms with van der Waals surface area (Å²) >= 11 is 0. The smallest absolute Gasteiger partial charge is 0.223 e. The molecule has 1 aromatic heterocycles. The molecule has 5 nitrogen and oxygen atoms in total. The minimum atomic E-state index is 0.00198. The zero-order valence-corrected chi connectivity index (χ0v) is 17.0. The van der Waals surface area contributed by atoms with Crippen LogP contribution >= 0.6 is 0 Å². The summed E-state index contributed by atoms with van der Waals surface area (Å²) in [4.78, 5) is 12.3. The Labute approximate surface area is 167 Å². The van der Waals surface area contributed by atoms with Crippen molar-refractivity contribution >= 4 is 5.95 Å². The fourth-order valence-corrected chi connectivity index (χ4v) is 4.62. The van der Waals surface area contributed by atoms with Crippen LogP contribution in [0.15, 0.2) is 24.3 Å². The molecule has 3 heterocycles. The number of fused-ring (bicyclic) bond motifs is 2. The van der Waals surface area contributed by atoms with Crippen molar-refractivity contribution in [1.29, 1.82) is 0 Å². The normalized spacial score (nSPS) is 24.5. The molecule has 1 saturated carbocycles. The lowest BCUT2D eigenvalue weighted by Gasteiger charge is -2.35. The van der Waals surface area contributed by atoms with Gasteiger partial charge in [-0.2, -0.15) is 0 Å². The van der Waals surface area contributed by atoms with Crippen LogP contribution in [0.1, 0.15) is 47.3 Å². The molecule has 0 bridgehead atoms. The van der Waals surface area contributed by atoms with E-state index in [1.807, 2.05) is 0 Å². The average molecular weight is 379 g/mol. The number of nitrogens with one attached hydrogen (secondary N) is 1. The number of likely N-dealkylation sites (tertiary alicyclic amines) is 1. The van der Waals surface area contributed by atoms with Gasteiger partial charge in [-0.1, -0.05) is 29.8 Å². The largest absolute Gasteiger partial charge is 0.376 e. The Morgan fingerprint density at radius 1 is 1.18 bits per heavy atom. The molecule has 0 unspecified atom stereocenters. The van der Waals surface area contributed by atoms with Crippen molar-refractivity contribution in [1.82, 2.24) is 14.9 Å². The molecule has 3 aliphatic rings. The van der Waals surface area contributed by atoms with Crippen LogP contribution in [0, 0.1) is 19.8 Å². The molecule has 2 fully saturated rings. The van der Waals surface area contributed by atoms with E-state index in [0.717, 1.165) is 56.8 Å². The Balaban J connectivity index is 1.37. The van der Waals surface area contributed by atoms with Crippen LogP contribution in [0.3, 0.4) is 0 Å². The van der Waals surface area contributed by atoms with Crippen molar-refractivity contribution in [3.63, 3.8) is 0 Å². The summed E-state index contributed by atoms with van der Waals surface area (Å²) in [6, 6.07) is 8.90. The molecule has 0 amide bonds. The third-order valence-electron chi connectivity index (χ3n) is 6.55. The number of aromatic nitrogens is 2. The Morgan fingerprint density at radius 2 is 2.00 bits per heavy atom. The van der Waals surface area contributed by atoms with Gasteiger partial charge in [-0.25, -0.2) is 9.97 Å². The fraction of sp³-hybridized carbons (Fsp3) is 0.565. The van der Waals surface area contributed by atoms with Gasteiger partial charge >= 0.3 is 0 Å². The van der Waals surface area contributed by atoms with E-state index >= 15 is 0 Å². The lowest BCUT2D eigenvalue weighted by Crippen LogP contribution is -2.41. The first-order valence-corrected chi connectivity index (χ1v) is 10.6. The maximum atomic E-state index is 6.05. The van der Waals surface area contributed by atoms with E-state index in [1.165, 1.54) is 35.2 Å².